The van der Waals surface area contributed by atoms with E-state index < -0.39 is 0 Å². The molecule has 1 rings (SSSR count). The summed E-state index contributed by atoms with van der Waals surface area (Å²) in [5, 5.41) is 3.23. The van der Waals surface area contributed by atoms with Crippen molar-refractivity contribution in [2.45, 2.75) is 27.7 Å². The molecule has 1 aliphatic rings. The molecule has 0 radical (unpaired) electrons. The third-order valence-corrected chi connectivity index (χ3v) is 2.01. The van der Waals surface area contributed by atoms with Crippen LogP contribution in [0.5, 0.6) is 0 Å². The van der Waals surface area contributed by atoms with Gasteiger partial charge in [0.15, 0.2) is 0 Å². The molecule has 1 N–H and O–H groups in total. The van der Waals surface area contributed by atoms with Crippen LogP contribution in [0, 0.1) is 5.41 Å². The van der Waals surface area contributed by atoms with E-state index >= 15 is 0 Å². The molecule has 0 fully saturated rings. The van der Waals surface area contributed by atoms with E-state index in [0.29, 0.717) is 0 Å². The van der Waals surface area contributed by atoms with Gasteiger partial charge in [0.2, 0.25) is 0 Å². The van der Waals surface area contributed by atoms with E-state index in [1.54, 1.807) is 0 Å². The highest BCUT2D eigenvalue weighted by atomic mass is 14.9. The summed E-state index contributed by atoms with van der Waals surface area (Å²) in [4.78, 5) is 0. The molecule has 0 saturated carbocycles. The minimum absolute atomic E-state index is 0.217. The van der Waals surface area contributed by atoms with Crippen LogP contribution in [0.4, 0.5) is 0 Å². The Morgan fingerprint density at radius 2 is 1.83 bits per heavy atom. The molecule has 0 bridgehead atoms. The number of hydrogen-bond acceptors (Lipinski definition) is 1. The Morgan fingerprint density at radius 1 is 1.25 bits per heavy atom. The average molecular weight is 163 g/mol. The van der Waals surface area contributed by atoms with Crippen molar-refractivity contribution in [1.29, 1.82) is 0 Å². The molecular formula is C11H17N. The maximum atomic E-state index is 3.85. The highest BCUT2D eigenvalue weighted by Gasteiger charge is 2.19. The first-order chi connectivity index (χ1) is 5.41. The minimum Gasteiger partial charge on any atom is -0.359 e. The standard InChI is InChI=1S/C11H17N/c1-8-6-7-10(9(2)12-8)11(3,4)5/h6-7,12H,1H2,2-5H3. The van der Waals surface area contributed by atoms with Gasteiger partial charge < -0.3 is 5.32 Å². The van der Waals surface area contributed by atoms with Gasteiger partial charge in [0.1, 0.15) is 0 Å². The van der Waals surface area contributed by atoms with Gasteiger partial charge in [0.05, 0.1) is 0 Å². The Bertz CT molecular complexity index is 261. The van der Waals surface area contributed by atoms with Gasteiger partial charge in [-0.1, -0.05) is 33.4 Å². The van der Waals surface area contributed by atoms with E-state index in [0.717, 1.165) is 5.70 Å². The van der Waals surface area contributed by atoms with Crippen LogP contribution in [0.1, 0.15) is 27.7 Å². The summed E-state index contributed by atoms with van der Waals surface area (Å²) in [7, 11) is 0. The number of allylic oxidation sites excluding steroid dienone is 4. The number of dihydropyridines is 1. The molecule has 0 aromatic heterocycles. The Labute approximate surface area is 74.9 Å². The van der Waals surface area contributed by atoms with E-state index in [1.807, 2.05) is 6.08 Å². The zero-order chi connectivity index (χ0) is 9.35. The topological polar surface area (TPSA) is 12.0 Å². The second kappa shape index (κ2) is 2.81. The summed E-state index contributed by atoms with van der Waals surface area (Å²) in [5.74, 6) is 0. The lowest BCUT2D eigenvalue weighted by molar-refractivity contribution is 0.506. The van der Waals surface area contributed by atoms with Crippen LogP contribution in [-0.4, -0.2) is 0 Å². The molecule has 0 spiro atoms. The van der Waals surface area contributed by atoms with Crippen molar-refractivity contribution in [2.75, 3.05) is 0 Å². The zero-order valence-electron chi connectivity index (χ0n) is 8.36. The van der Waals surface area contributed by atoms with Crippen LogP contribution in [0.15, 0.2) is 35.7 Å². The van der Waals surface area contributed by atoms with Gasteiger partial charge in [-0.15, -0.1) is 0 Å². The molecule has 0 saturated heterocycles. The van der Waals surface area contributed by atoms with Crippen molar-refractivity contribution in [1.82, 2.24) is 5.32 Å². The Balaban J connectivity index is 3.00. The summed E-state index contributed by atoms with van der Waals surface area (Å²) in [6.45, 7) is 12.6. The molecule has 0 amide bonds. The number of hydrogen-bond donors (Lipinski definition) is 1. The van der Waals surface area contributed by atoms with Gasteiger partial charge in [-0.25, -0.2) is 0 Å². The van der Waals surface area contributed by atoms with E-state index in [4.69, 9.17) is 0 Å². The second-order valence-corrected chi connectivity index (χ2v) is 4.27. The predicted molar refractivity (Wildman–Crippen MR) is 53.6 cm³/mol. The summed E-state index contributed by atoms with van der Waals surface area (Å²) in [6, 6.07) is 0. The maximum absolute atomic E-state index is 3.85. The van der Waals surface area contributed by atoms with Crippen LogP contribution in [-0.2, 0) is 0 Å². The normalized spacial score (nSPS) is 18.2. The predicted octanol–water partition coefficient (Wildman–Crippen LogP) is 2.98. The van der Waals surface area contributed by atoms with Crippen LogP contribution in [0.25, 0.3) is 0 Å². The largest absolute Gasteiger partial charge is 0.359 e. The number of nitrogens with one attached hydrogen (secondary N) is 1. The molecule has 0 aromatic rings. The third kappa shape index (κ3) is 1.79. The fraction of sp³-hybridized carbons (Fsp3) is 0.455. The van der Waals surface area contributed by atoms with Crippen molar-refractivity contribution < 1.29 is 0 Å². The first kappa shape index (κ1) is 9.11. The molecule has 0 atom stereocenters. The van der Waals surface area contributed by atoms with Crippen LogP contribution in [0.3, 0.4) is 0 Å². The summed E-state index contributed by atoms with van der Waals surface area (Å²) in [6.07, 6.45) is 4.17. The van der Waals surface area contributed by atoms with Gasteiger partial charge in [-0.05, 0) is 24.0 Å². The van der Waals surface area contributed by atoms with Crippen LogP contribution < -0.4 is 5.32 Å². The fourth-order valence-corrected chi connectivity index (χ4v) is 1.47. The van der Waals surface area contributed by atoms with Gasteiger partial charge >= 0.3 is 0 Å². The molecule has 1 heteroatoms. The molecule has 12 heavy (non-hydrogen) atoms. The van der Waals surface area contributed by atoms with Crippen molar-refractivity contribution in [3.63, 3.8) is 0 Å². The highest BCUT2D eigenvalue weighted by Crippen LogP contribution is 2.30. The maximum Gasteiger partial charge on any atom is 0.0308 e. The second-order valence-electron chi connectivity index (χ2n) is 4.27. The molecule has 0 aromatic carbocycles. The average Bonchev–Trinajstić information content (AvgIpc) is 1.83. The first-order valence-electron chi connectivity index (χ1n) is 4.26. The lowest BCUT2D eigenvalue weighted by Gasteiger charge is -2.26. The van der Waals surface area contributed by atoms with E-state index in [9.17, 15) is 0 Å². The zero-order valence-corrected chi connectivity index (χ0v) is 8.36. The Kier molecular flexibility index (Phi) is 2.14. The van der Waals surface area contributed by atoms with E-state index in [2.05, 4.69) is 45.7 Å². The van der Waals surface area contributed by atoms with Gasteiger partial charge in [-0.2, -0.15) is 0 Å². The number of rotatable bonds is 0. The molecule has 66 valence electrons. The van der Waals surface area contributed by atoms with E-state index in [1.165, 1.54) is 11.3 Å². The van der Waals surface area contributed by atoms with Crippen LogP contribution in [0.2, 0.25) is 0 Å². The van der Waals surface area contributed by atoms with Crippen molar-refractivity contribution in [2.24, 2.45) is 5.41 Å². The van der Waals surface area contributed by atoms with Gasteiger partial charge in [0.25, 0.3) is 0 Å². The molecule has 0 aliphatic carbocycles. The SMILES string of the molecule is C=C1C=CC(C(C)(C)C)=C(C)N1. The monoisotopic (exact) mass is 163 g/mol. The summed E-state index contributed by atoms with van der Waals surface area (Å²) < 4.78 is 0. The first-order valence-corrected chi connectivity index (χ1v) is 4.26. The highest BCUT2D eigenvalue weighted by molar-refractivity contribution is 5.39. The van der Waals surface area contributed by atoms with Crippen LogP contribution >= 0.6 is 0 Å². The molecule has 0 unspecified atom stereocenters. The molecule has 1 aliphatic heterocycles. The van der Waals surface area contributed by atoms with E-state index in [-0.39, 0.29) is 5.41 Å². The summed E-state index contributed by atoms with van der Waals surface area (Å²) >= 11 is 0. The lowest BCUT2D eigenvalue weighted by Crippen LogP contribution is -2.20. The Hall–Kier alpha value is -0.980. The Morgan fingerprint density at radius 3 is 2.25 bits per heavy atom. The van der Waals surface area contributed by atoms with Gasteiger partial charge in [-0.3, -0.25) is 0 Å². The summed E-state index contributed by atoms with van der Waals surface area (Å²) in [5.41, 5.74) is 3.76. The molecule has 1 nitrogen and oxygen atoms in total. The van der Waals surface area contributed by atoms with Crippen molar-refractivity contribution >= 4 is 0 Å². The fourth-order valence-electron chi connectivity index (χ4n) is 1.47. The third-order valence-electron chi connectivity index (χ3n) is 2.01. The van der Waals surface area contributed by atoms with Crippen molar-refractivity contribution in [3.05, 3.63) is 35.7 Å². The van der Waals surface area contributed by atoms with Crippen molar-refractivity contribution in [3.8, 4) is 0 Å². The molecular weight excluding hydrogens is 146 g/mol. The molecule has 1 heterocycles. The minimum atomic E-state index is 0.217. The quantitative estimate of drug-likeness (QED) is 0.579. The van der Waals surface area contributed by atoms with Gasteiger partial charge in [0, 0.05) is 11.4 Å². The lowest BCUT2D eigenvalue weighted by atomic mass is 9.84. The smallest absolute Gasteiger partial charge is 0.0308 e.